The SMILES string of the molecule is CCc1cc2c(-c3ccc4cc5ccccc5cc4c3)cccc2[cH-]1.CCc1cc2c(-c3ccc4cc5ccccc5cc4c3)cccc2[cH-]1.C[Si](C)=[Zr]([Cl])[Cl]. The van der Waals surface area contributed by atoms with E-state index in [-0.39, 0.29) is 5.43 Å². The summed E-state index contributed by atoms with van der Waals surface area (Å²) in [6.07, 6.45) is 2.16. The Balaban J connectivity index is 0.000000138. The molecule has 0 nitrogen and oxygen atoms in total. The first-order chi connectivity index (χ1) is 27.3. The molecule has 276 valence electrons. The molecule has 0 spiro atoms. The second-order valence-electron chi connectivity index (χ2n) is 14.8. The van der Waals surface area contributed by atoms with Gasteiger partial charge in [0.1, 0.15) is 0 Å². The molecule has 10 aromatic carbocycles. The summed E-state index contributed by atoms with van der Waals surface area (Å²) < 4.78 is 0. The minimum absolute atomic E-state index is 0.224. The Bertz CT molecular complexity index is 2840. The zero-order valence-electron chi connectivity index (χ0n) is 32.3. The van der Waals surface area contributed by atoms with Crippen molar-refractivity contribution in [3.63, 3.8) is 0 Å². The molecule has 4 heteroatoms. The van der Waals surface area contributed by atoms with Crippen LogP contribution in [0.5, 0.6) is 0 Å². The third-order valence-electron chi connectivity index (χ3n) is 10.8. The average Bonchev–Trinajstić information content (AvgIpc) is 3.87. The molecule has 10 aromatic rings. The van der Waals surface area contributed by atoms with Gasteiger partial charge in [0.05, 0.1) is 0 Å². The molecular weight excluding hydrogens is 815 g/mol. The van der Waals surface area contributed by atoms with Gasteiger partial charge in [0.15, 0.2) is 0 Å². The first kappa shape index (κ1) is 38.6. The van der Waals surface area contributed by atoms with Crippen molar-refractivity contribution in [1.29, 1.82) is 0 Å². The van der Waals surface area contributed by atoms with E-state index in [9.17, 15) is 0 Å². The Kier molecular flexibility index (Phi) is 11.7. The first-order valence-corrected chi connectivity index (χ1v) is 32.0. The van der Waals surface area contributed by atoms with E-state index in [2.05, 4.69) is 197 Å². The number of fused-ring (bicyclic) bond motifs is 6. The van der Waals surface area contributed by atoms with Crippen molar-refractivity contribution in [2.45, 2.75) is 39.8 Å². The average molecular weight is 859 g/mol. The van der Waals surface area contributed by atoms with Crippen LogP contribution < -0.4 is 0 Å². The van der Waals surface area contributed by atoms with Crippen LogP contribution in [0.15, 0.2) is 170 Å². The van der Waals surface area contributed by atoms with Gasteiger partial charge in [0, 0.05) is 0 Å². The van der Waals surface area contributed by atoms with E-state index in [1.54, 1.807) is 0 Å². The molecule has 0 unspecified atom stereocenters. The van der Waals surface area contributed by atoms with Gasteiger partial charge in [-0.3, -0.25) is 0 Å². The molecular formula is C52H44Cl2SiZr-2. The molecule has 0 radical (unpaired) electrons. The molecule has 0 aromatic heterocycles. The molecule has 10 rings (SSSR count). The van der Waals surface area contributed by atoms with Gasteiger partial charge in [0.25, 0.3) is 0 Å². The molecule has 56 heavy (non-hydrogen) atoms. The molecule has 0 bridgehead atoms. The summed E-state index contributed by atoms with van der Waals surface area (Å²) in [5.74, 6) is 0. The van der Waals surface area contributed by atoms with Gasteiger partial charge in [-0.25, -0.2) is 0 Å². The van der Waals surface area contributed by atoms with Crippen LogP contribution in [0.2, 0.25) is 13.1 Å². The first-order valence-electron chi connectivity index (χ1n) is 19.5. The quantitative estimate of drug-likeness (QED) is 0.0940. The third kappa shape index (κ3) is 8.23. The number of benzene rings is 8. The Morgan fingerprint density at radius 3 is 1.14 bits per heavy atom. The third-order valence-corrected chi connectivity index (χ3v) is 30.6. The van der Waals surface area contributed by atoms with Crippen molar-refractivity contribution in [2.24, 2.45) is 0 Å². The van der Waals surface area contributed by atoms with Crippen LogP contribution >= 0.6 is 17.0 Å². The van der Waals surface area contributed by atoms with Crippen LogP contribution in [0.1, 0.15) is 25.0 Å². The topological polar surface area (TPSA) is 0 Å². The van der Waals surface area contributed by atoms with Gasteiger partial charge < -0.3 is 0 Å². The summed E-state index contributed by atoms with van der Waals surface area (Å²) in [4.78, 5) is 0. The Labute approximate surface area is 345 Å². The van der Waals surface area contributed by atoms with Gasteiger partial charge in [-0.05, 0) is 103 Å². The van der Waals surface area contributed by atoms with Crippen molar-refractivity contribution in [3.8, 4) is 22.3 Å². The van der Waals surface area contributed by atoms with Gasteiger partial charge in [-0.15, -0.1) is 69.1 Å². The van der Waals surface area contributed by atoms with Crippen LogP contribution in [0.25, 0.3) is 86.9 Å². The maximum absolute atomic E-state index is 5.62. The predicted octanol–water partition coefficient (Wildman–Crippen LogP) is 16.4. The van der Waals surface area contributed by atoms with Crippen molar-refractivity contribution < 1.29 is 18.0 Å². The predicted molar refractivity (Wildman–Crippen MR) is 248 cm³/mol. The standard InChI is InChI=1S/2C25H19.C2H6Si.2ClH.Zr/c2*1-2-17-12-21-8-5-9-24(25(21)13-17)22-11-10-20-14-18-6-3-4-7-19(18)15-23(20)16-22;1-3-2;;;/h2*3-16H,2H2,1H3;1-2H3;2*1H;/q2*-1;;;;+2/p-2. The zero-order chi connectivity index (χ0) is 38.8. The molecule has 0 aliphatic rings. The number of rotatable bonds is 4. The van der Waals surface area contributed by atoms with Crippen molar-refractivity contribution in [2.75, 3.05) is 0 Å². The molecule has 0 atom stereocenters. The fourth-order valence-corrected chi connectivity index (χ4v) is 7.72. The second-order valence-corrected chi connectivity index (χ2v) is 37.8. The monoisotopic (exact) mass is 856 g/mol. The van der Waals surface area contributed by atoms with Crippen LogP contribution in [0.3, 0.4) is 0 Å². The van der Waals surface area contributed by atoms with Crippen LogP contribution in [-0.4, -0.2) is 5.43 Å². The Hall–Kier alpha value is -4.30. The Morgan fingerprint density at radius 2 is 0.786 bits per heavy atom. The number of halogens is 2. The fourth-order valence-electron chi connectivity index (χ4n) is 7.72. The van der Waals surface area contributed by atoms with E-state index >= 15 is 0 Å². The van der Waals surface area contributed by atoms with Crippen LogP contribution in [0.4, 0.5) is 0 Å². The van der Waals surface area contributed by atoms with Crippen LogP contribution in [-0.2, 0) is 30.8 Å². The molecule has 0 heterocycles. The number of aryl methyl sites for hydroxylation is 2. The fraction of sp³-hybridized carbons (Fsp3) is 0.115. The van der Waals surface area contributed by atoms with Gasteiger partial charge in [-0.1, -0.05) is 110 Å². The molecule has 0 fully saturated rings. The number of hydrogen-bond acceptors (Lipinski definition) is 0. The molecule has 0 saturated carbocycles. The van der Waals surface area contributed by atoms with Gasteiger partial charge >= 0.3 is 53.5 Å². The van der Waals surface area contributed by atoms with Gasteiger partial charge in [0.2, 0.25) is 0 Å². The molecule has 0 aliphatic heterocycles. The molecule has 0 N–H and O–H groups in total. The van der Waals surface area contributed by atoms with Crippen molar-refractivity contribution >= 4 is 87.1 Å². The summed E-state index contributed by atoms with van der Waals surface area (Å²) >= 11 is -1.65. The maximum atomic E-state index is 5.62. The van der Waals surface area contributed by atoms with Crippen LogP contribution in [0, 0.1) is 0 Å². The van der Waals surface area contributed by atoms with E-state index in [1.807, 2.05) is 0 Å². The summed E-state index contributed by atoms with van der Waals surface area (Å²) in [7, 11) is 11.2. The van der Waals surface area contributed by atoms with Crippen molar-refractivity contribution in [3.05, 3.63) is 181 Å². The number of hydrogen-bond donors (Lipinski definition) is 0. The summed E-state index contributed by atoms with van der Waals surface area (Å²) in [6.45, 7) is 8.77. The minimum atomic E-state index is -1.65. The van der Waals surface area contributed by atoms with E-state index in [0.29, 0.717) is 0 Å². The second kappa shape index (κ2) is 17.1. The zero-order valence-corrected chi connectivity index (χ0v) is 37.3. The summed E-state index contributed by atoms with van der Waals surface area (Å²) in [6, 6.07) is 62.5. The molecule has 0 amide bonds. The van der Waals surface area contributed by atoms with Gasteiger partial charge in [-0.2, -0.15) is 12.1 Å². The van der Waals surface area contributed by atoms with E-state index in [1.165, 1.54) is 98.0 Å². The van der Waals surface area contributed by atoms with Crippen molar-refractivity contribution in [1.82, 2.24) is 0 Å². The Morgan fingerprint density at radius 1 is 0.429 bits per heavy atom. The van der Waals surface area contributed by atoms with E-state index in [4.69, 9.17) is 17.0 Å². The van der Waals surface area contributed by atoms with E-state index in [0.717, 1.165) is 12.8 Å². The van der Waals surface area contributed by atoms with E-state index < -0.39 is 18.0 Å². The normalized spacial score (nSPS) is 11.2. The molecule has 0 aliphatic carbocycles. The summed E-state index contributed by atoms with van der Waals surface area (Å²) in [5, 5.41) is 15.8. The molecule has 0 saturated heterocycles. The summed E-state index contributed by atoms with van der Waals surface area (Å²) in [5.41, 5.74) is 7.84.